The van der Waals surface area contributed by atoms with Gasteiger partial charge in [0.2, 0.25) is 5.89 Å². The van der Waals surface area contributed by atoms with Gasteiger partial charge in [0.25, 0.3) is 5.91 Å². The van der Waals surface area contributed by atoms with E-state index in [0.29, 0.717) is 23.2 Å². The minimum absolute atomic E-state index is 0.0610. The van der Waals surface area contributed by atoms with E-state index in [1.807, 2.05) is 61.5 Å². The molecule has 5 heteroatoms. The second-order valence-electron chi connectivity index (χ2n) is 7.64. The molecule has 0 atom stereocenters. The number of carbonyl (C=O) groups is 1. The van der Waals surface area contributed by atoms with Gasteiger partial charge < -0.3 is 14.5 Å². The molecule has 4 rings (SSSR count). The summed E-state index contributed by atoms with van der Waals surface area (Å²) in [6.45, 7) is 6.22. The highest BCUT2D eigenvalue weighted by molar-refractivity contribution is 5.92. The van der Waals surface area contributed by atoms with Gasteiger partial charge in [0.05, 0.1) is 0 Å². The van der Waals surface area contributed by atoms with Crippen LogP contribution in [0.2, 0.25) is 0 Å². The van der Waals surface area contributed by atoms with E-state index in [2.05, 4.69) is 36.3 Å². The molecule has 0 aliphatic carbocycles. The van der Waals surface area contributed by atoms with Crippen LogP contribution < -0.4 is 10.1 Å². The summed E-state index contributed by atoms with van der Waals surface area (Å²) in [6, 6.07) is 21.1. The molecule has 4 aromatic rings. The number of anilines is 1. The van der Waals surface area contributed by atoms with E-state index in [-0.39, 0.29) is 12.5 Å². The standard InChI is InChI=1S/C25H24N2O3/c1-16(2)18-10-11-23-22(14-18)27-25(30-23)19-7-5-8-20(13-19)26-24(28)15-29-21-9-4-6-17(3)12-21/h4-14,16H,15H2,1-3H3,(H,26,28). The molecule has 1 amide bonds. The van der Waals surface area contributed by atoms with Crippen molar-refractivity contribution in [2.45, 2.75) is 26.7 Å². The van der Waals surface area contributed by atoms with Gasteiger partial charge >= 0.3 is 0 Å². The molecular formula is C25H24N2O3. The maximum atomic E-state index is 12.3. The molecule has 1 N–H and O–H groups in total. The van der Waals surface area contributed by atoms with Crippen LogP contribution in [0, 0.1) is 6.92 Å². The summed E-state index contributed by atoms with van der Waals surface area (Å²) >= 11 is 0. The Hall–Kier alpha value is -3.60. The van der Waals surface area contributed by atoms with Crippen molar-refractivity contribution in [1.82, 2.24) is 4.98 Å². The third kappa shape index (κ3) is 4.51. The average molecular weight is 400 g/mol. The van der Waals surface area contributed by atoms with Crippen molar-refractivity contribution in [3.8, 4) is 17.2 Å². The van der Waals surface area contributed by atoms with Crippen molar-refractivity contribution in [3.63, 3.8) is 0 Å². The van der Waals surface area contributed by atoms with Crippen LogP contribution in [0.3, 0.4) is 0 Å². The predicted octanol–water partition coefficient (Wildman–Crippen LogP) is 5.94. The Labute approximate surface area is 175 Å². The highest BCUT2D eigenvalue weighted by atomic mass is 16.5. The zero-order valence-electron chi connectivity index (χ0n) is 17.3. The summed E-state index contributed by atoms with van der Waals surface area (Å²) < 4.78 is 11.5. The predicted molar refractivity (Wildman–Crippen MR) is 119 cm³/mol. The maximum Gasteiger partial charge on any atom is 0.262 e. The number of carbonyl (C=O) groups excluding carboxylic acids is 1. The van der Waals surface area contributed by atoms with Crippen molar-refractivity contribution in [2.75, 3.05) is 11.9 Å². The number of hydrogen-bond donors (Lipinski definition) is 1. The molecule has 3 aromatic carbocycles. The molecule has 0 bridgehead atoms. The smallest absolute Gasteiger partial charge is 0.262 e. The molecule has 1 heterocycles. The summed E-state index contributed by atoms with van der Waals surface area (Å²) in [5, 5.41) is 2.86. The van der Waals surface area contributed by atoms with E-state index in [1.54, 1.807) is 0 Å². The third-order valence-corrected chi connectivity index (χ3v) is 4.83. The van der Waals surface area contributed by atoms with Gasteiger partial charge in [-0.05, 0) is 66.4 Å². The Morgan fingerprint density at radius 3 is 2.70 bits per heavy atom. The number of ether oxygens (including phenoxy) is 1. The van der Waals surface area contributed by atoms with Crippen molar-refractivity contribution >= 4 is 22.7 Å². The largest absolute Gasteiger partial charge is 0.484 e. The van der Waals surface area contributed by atoms with Gasteiger partial charge in [0.1, 0.15) is 11.3 Å². The van der Waals surface area contributed by atoms with E-state index in [9.17, 15) is 4.79 Å². The number of nitrogens with zero attached hydrogens (tertiary/aromatic N) is 1. The van der Waals surface area contributed by atoms with Crippen LogP contribution in [0.15, 0.2) is 71.1 Å². The number of aromatic nitrogens is 1. The number of benzene rings is 3. The molecular weight excluding hydrogens is 376 g/mol. The van der Waals surface area contributed by atoms with Crippen molar-refractivity contribution in [1.29, 1.82) is 0 Å². The lowest BCUT2D eigenvalue weighted by Gasteiger charge is -2.08. The SMILES string of the molecule is Cc1cccc(OCC(=O)Nc2cccc(-c3nc4cc(C(C)C)ccc4o3)c2)c1. The summed E-state index contributed by atoms with van der Waals surface area (Å²) in [5.74, 6) is 1.40. The van der Waals surface area contributed by atoms with E-state index >= 15 is 0 Å². The first-order valence-corrected chi connectivity index (χ1v) is 9.98. The molecule has 0 aliphatic heterocycles. The Balaban J connectivity index is 1.47. The second kappa shape index (κ2) is 8.41. The number of amides is 1. The quantitative estimate of drug-likeness (QED) is 0.435. The highest BCUT2D eigenvalue weighted by Gasteiger charge is 2.11. The fraction of sp³-hybridized carbons (Fsp3) is 0.200. The number of aryl methyl sites for hydroxylation is 1. The summed E-state index contributed by atoms with van der Waals surface area (Å²) in [6.07, 6.45) is 0. The first kappa shape index (κ1) is 19.7. The van der Waals surface area contributed by atoms with E-state index < -0.39 is 0 Å². The van der Waals surface area contributed by atoms with E-state index in [0.717, 1.165) is 22.2 Å². The normalized spacial score (nSPS) is 11.1. The average Bonchev–Trinajstić information content (AvgIpc) is 3.16. The van der Waals surface area contributed by atoms with Crippen LogP contribution in [-0.4, -0.2) is 17.5 Å². The molecule has 0 spiro atoms. The molecule has 5 nitrogen and oxygen atoms in total. The topological polar surface area (TPSA) is 64.4 Å². The van der Waals surface area contributed by atoms with Crippen LogP contribution in [0.4, 0.5) is 5.69 Å². The zero-order valence-corrected chi connectivity index (χ0v) is 17.3. The van der Waals surface area contributed by atoms with E-state index in [4.69, 9.17) is 9.15 Å². The fourth-order valence-corrected chi connectivity index (χ4v) is 3.21. The summed E-state index contributed by atoms with van der Waals surface area (Å²) in [7, 11) is 0. The van der Waals surface area contributed by atoms with Gasteiger partial charge in [-0.2, -0.15) is 0 Å². The first-order chi connectivity index (χ1) is 14.5. The maximum absolute atomic E-state index is 12.3. The van der Waals surface area contributed by atoms with Crippen molar-refractivity contribution < 1.29 is 13.9 Å². The van der Waals surface area contributed by atoms with Gasteiger partial charge in [0, 0.05) is 11.3 Å². The first-order valence-electron chi connectivity index (χ1n) is 9.98. The van der Waals surface area contributed by atoms with Gasteiger partial charge in [-0.25, -0.2) is 4.98 Å². The summed E-state index contributed by atoms with van der Waals surface area (Å²) in [5.41, 5.74) is 5.34. The zero-order chi connectivity index (χ0) is 21.1. The van der Waals surface area contributed by atoms with Gasteiger partial charge in [0.15, 0.2) is 12.2 Å². The van der Waals surface area contributed by atoms with Crippen LogP contribution in [-0.2, 0) is 4.79 Å². The van der Waals surface area contributed by atoms with Crippen LogP contribution >= 0.6 is 0 Å². The van der Waals surface area contributed by atoms with Crippen LogP contribution in [0.25, 0.3) is 22.6 Å². The Morgan fingerprint density at radius 1 is 1.07 bits per heavy atom. The van der Waals surface area contributed by atoms with Crippen molar-refractivity contribution in [3.05, 3.63) is 77.9 Å². The molecule has 30 heavy (non-hydrogen) atoms. The lowest BCUT2D eigenvalue weighted by molar-refractivity contribution is -0.118. The monoisotopic (exact) mass is 400 g/mol. The van der Waals surface area contributed by atoms with Crippen LogP contribution in [0.5, 0.6) is 5.75 Å². The lowest BCUT2D eigenvalue weighted by atomic mass is 10.0. The minimum Gasteiger partial charge on any atom is -0.484 e. The Kier molecular flexibility index (Phi) is 5.53. The number of rotatable bonds is 6. The number of hydrogen-bond acceptors (Lipinski definition) is 4. The Morgan fingerprint density at radius 2 is 1.90 bits per heavy atom. The number of nitrogens with one attached hydrogen (secondary N) is 1. The van der Waals surface area contributed by atoms with E-state index in [1.165, 1.54) is 5.56 Å². The molecule has 0 unspecified atom stereocenters. The number of fused-ring (bicyclic) bond motifs is 1. The minimum atomic E-state index is -0.229. The number of oxazole rings is 1. The third-order valence-electron chi connectivity index (χ3n) is 4.83. The highest BCUT2D eigenvalue weighted by Crippen LogP contribution is 2.28. The molecule has 0 aliphatic rings. The molecule has 0 saturated heterocycles. The van der Waals surface area contributed by atoms with Gasteiger partial charge in [-0.15, -0.1) is 0 Å². The van der Waals surface area contributed by atoms with Crippen molar-refractivity contribution in [2.24, 2.45) is 0 Å². The summed E-state index contributed by atoms with van der Waals surface area (Å²) in [4.78, 5) is 16.9. The molecule has 152 valence electrons. The molecule has 0 saturated carbocycles. The van der Waals surface area contributed by atoms with Gasteiger partial charge in [-0.1, -0.05) is 38.1 Å². The van der Waals surface area contributed by atoms with Gasteiger partial charge in [-0.3, -0.25) is 4.79 Å². The lowest BCUT2D eigenvalue weighted by Crippen LogP contribution is -2.20. The molecule has 0 fully saturated rings. The Bertz CT molecular complexity index is 1190. The van der Waals surface area contributed by atoms with Crippen LogP contribution in [0.1, 0.15) is 30.9 Å². The fourth-order valence-electron chi connectivity index (χ4n) is 3.21. The second-order valence-corrected chi connectivity index (χ2v) is 7.64. The molecule has 0 radical (unpaired) electrons. The molecule has 1 aromatic heterocycles.